The number of methoxy groups -OCH3 is 1. The van der Waals surface area contributed by atoms with Crippen LogP contribution in [0.4, 0.5) is 11.4 Å². The van der Waals surface area contributed by atoms with Gasteiger partial charge in [-0.15, -0.1) is 0 Å². The summed E-state index contributed by atoms with van der Waals surface area (Å²) in [6.45, 7) is 0.593. The summed E-state index contributed by atoms with van der Waals surface area (Å²) in [6.07, 6.45) is 13.5. The minimum absolute atomic E-state index is 0.174. The Morgan fingerprint density at radius 3 is 2.18 bits per heavy atom. The Labute approximate surface area is 299 Å². The number of anilines is 1. The first-order chi connectivity index (χ1) is 24.6. The van der Waals surface area contributed by atoms with Gasteiger partial charge in [-0.25, -0.2) is 13.1 Å². The lowest BCUT2D eigenvalue weighted by Gasteiger charge is -2.57. The molecule has 0 atom stereocenters. The Bertz CT molecular complexity index is 2090. The van der Waals surface area contributed by atoms with Gasteiger partial charge >= 0.3 is 0 Å². The molecule has 1 amide bonds. The molecule has 0 spiro atoms. The van der Waals surface area contributed by atoms with E-state index in [-0.39, 0.29) is 27.2 Å². The number of nitro groups is 1. The van der Waals surface area contributed by atoms with Crippen LogP contribution in [0.3, 0.4) is 0 Å². The molecule has 51 heavy (non-hydrogen) atoms. The number of fused-ring (bicyclic) bond motifs is 1. The van der Waals surface area contributed by atoms with Crippen molar-refractivity contribution < 1.29 is 22.9 Å². The number of carbonyl (C=O) groups excluding carboxylic acids is 1. The van der Waals surface area contributed by atoms with Gasteiger partial charge in [0.2, 0.25) is 0 Å². The van der Waals surface area contributed by atoms with E-state index in [1.54, 1.807) is 19.2 Å². The second-order valence-corrected chi connectivity index (χ2v) is 17.3. The number of benzene rings is 4. The summed E-state index contributed by atoms with van der Waals surface area (Å²) in [5, 5.41) is 16.7. The third kappa shape index (κ3) is 6.59. The molecule has 5 fully saturated rings. The van der Waals surface area contributed by atoms with E-state index >= 15 is 0 Å². The quantitative estimate of drug-likeness (QED) is 0.124. The number of carbonyl (C=O) groups is 1. The van der Waals surface area contributed by atoms with Gasteiger partial charge in [-0.3, -0.25) is 14.9 Å². The molecule has 4 aromatic carbocycles. The van der Waals surface area contributed by atoms with Gasteiger partial charge in [-0.1, -0.05) is 43.5 Å². The van der Waals surface area contributed by atoms with E-state index in [1.165, 1.54) is 62.6 Å². The number of nitrogens with one attached hydrogen (secondary N) is 2. The van der Waals surface area contributed by atoms with Crippen LogP contribution in [0.25, 0.3) is 21.9 Å². The first-order valence-electron chi connectivity index (χ1n) is 18.4. The highest BCUT2D eigenvalue weighted by Crippen LogP contribution is 2.62. The van der Waals surface area contributed by atoms with E-state index in [9.17, 15) is 23.3 Å². The third-order valence-corrected chi connectivity index (χ3v) is 13.6. The maximum absolute atomic E-state index is 13.3. The number of rotatable bonds is 10. The SMILES string of the molecule is COc1ccc(-c2ccc3cc(C(=O)NS(=O)(=O)c4ccc(NCC5CCCCC5)c([N+](=O)[O-])c4)ccc3c2)cc1C12CC3CC(CC(C3)C1)C2. The fourth-order valence-electron chi connectivity index (χ4n) is 10.2. The van der Waals surface area contributed by atoms with Gasteiger partial charge in [-0.2, -0.15) is 0 Å². The van der Waals surface area contributed by atoms with Crippen molar-refractivity contribution in [2.45, 2.75) is 80.9 Å². The molecule has 10 heteroatoms. The summed E-state index contributed by atoms with van der Waals surface area (Å²) in [4.78, 5) is 24.2. The van der Waals surface area contributed by atoms with Gasteiger partial charge in [0, 0.05) is 23.7 Å². The topological polar surface area (TPSA) is 128 Å². The van der Waals surface area contributed by atoms with E-state index in [2.05, 4.69) is 34.3 Å². The van der Waals surface area contributed by atoms with Crippen molar-refractivity contribution in [1.29, 1.82) is 0 Å². The van der Waals surface area contributed by atoms with Crippen LogP contribution in [0.15, 0.2) is 77.7 Å². The van der Waals surface area contributed by atoms with Gasteiger partial charge in [0.15, 0.2) is 0 Å². The van der Waals surface area contributed by atoms with E-state index in [0.717, 1.165) is 77.2 Å². The second-order valence-electron chi connectivity index (χ2n) is 15.6. The lowest BCUT2D eigenvalue weighted by molar-refractivity contribution is -0.384. The zero-order valence-corrected chi connectivity index (χ0v) is 29.8. The van der Waals surface area contributed by atoms with Gasteiger partial charge in [0.1, 0.15) is 11.4 Å². The summed E-state index contributed by atoms with van der Waals surface area (Å²) in [5.41, 5.74) is 3.81. The summed E-state index contributed by atoms with van der Waals surface area (Å²) < 4.78 is 34.6. The third-order valence-electron chi connectivity index (χ3n) is 12.3. The minimum atomic E-state index is -4.38. The van der Waals surface area contributed by atoms with Crippen molar-refractivity contribution in [1.82, 2.24) is 4.72 Å². The minimum Gasteiger partial charge on any atom is -0.496 e. The summed E-state index contributed by atoms with van der Waals surface area (Å²) in [6, 6.07) is 21.4. The van der Waals surface area contributed by atoms with E-state index in [0.29, 0.717) is 12.5 Å². The van der Waals surface area contributed by atoms with Crippen molar-refractivity contribution >= 4 is 38.1 Å². The molecule has 5 aliphatic carbocycles. The average Bonchev–Trinajstić information content (AvgIpc) is 3.13. The van der Waals surface area contributed by atoms with Crippen LogP contribution >= 0.6 is 0 Å². The predicted octanol–water partition coefficient (Wildman–Crippen LogP) is 9.00. The standard InChI is InChI=1S/C41H45N3O6S/c1-50-39-14-11-33(20-36(39)41-22-27-15-28(23-41)17-29(16-27)24-41)31-7-8-32-19-34(10-9-30(32)18-31)40(45)43-51(48,49)35-12-13-37(38(21-35)44(46)47)42-25-26-5-3-2-4-6-26/h7-14,18-21,26-29,42H,2-6,15-17,22-25H2,1H3,(H,43,45). The van der Waals surface area contributed by atoms with Gasteiger partial charge < -0.3 is 10.1 Å². The molecule has 0 saturated heterocycles. The van der Waals surface area contributed by atoms with Crippen LogP contribution in [-0.2, 0) is 15.4 Å². The van der Waals surface area contributed by atoms with Crippen LogP contribution < -0.4 is 14.8 Å². The Morgan fingerprint density at radius 2 is 1.49 bits per heavy atom. The fraction of sp³-hybridized carbons (Fsp3) is 0.439. The summed E-state index contributed by atoms with van der Waals surface area (Å²) >= 11 is 0. The number of hydrogen-bond donors (Lipinski definition) is 2. The molecule has 9 nitrogen and oxygen atoms in total. The number of nitrogens with zero attached hydrogens (tertiary/aromatic N) is 1. The molecule has 0 radical (unpaired) electrons. The van der Waals surface area contributed by atoms with Crippen molar-refractivity contribution in [2.24, 2.45) is 23.7 Å². The molecule has 0 aliphatic heterocycles. The monoisotopic (exact) mass is 707 g/mol. The Kier molecular flexibility index (Phi) is 8.77. The van der Waals surface area contributed by atoms with E-state index < -0.39 is 20.9 Å². The molecule has 0 heterocycles. The first-order valence-corrected chi connectivity index (χ1v) is 19.9. The number of sulfonamides is 1. The molecule has 4 bridgehead atoms. The van der Waals surface area contributed by atoms with Crippen LogP contribution in [0.1, 0.15) is 86.6 Å². The predicted molar refractivity (Wildman–Crippen MR) is 199 cm³/mol. The van der Waals surface area contributed by atoms with Gasteiger partial charge in [-0.05, 0) is 145 Å². The largest absolute Gasteiger partial charge is 0.496 e. The number of amides is 1. The van der Waals surface area contributed by atoms with E-state index in [4.69, 9.17) is 4.74 Å². The Morgan fingerprint density at radius 1 is 0.843 bits per heavy atom. The van der Waals surface area contributed by atoms with Crippen molar-refractivity contribution in [3.8, 4) is 16.9 Å². The van der Waals surface area contributed by atoms with Crippen LogP contribution in [0, 0.1) is 33.8 Å². The lowest BCUT2D eigenvalue weighted by atomic mass is 9.48. The Balaban J connectivity index is 1.000. The van der Waals surface area contributed by atoms with E-state index in [1.807, 2.05) is 18.2 Å². The highest BCUT2D eigenvalue weighted by molar-refractivity contribution is 7.90. The molecule has 5 aliphatic rings. The Hall–Kier alpha value is -4.44. The number of nitro benzene ring substituents is 1. The lowest BCUT2D eigenvalue weighted by Crippen LogP contribution is -2.48. The van der Waals surface area contributed by atoms with Gasteiger partial charge in [0.05, 0.1) is 16.9 Å². The normalized spacial score (nSPS) is 24.4. The average molecular weight is 708 g/mol. The number of ether oxygens (including phenoxy) is 1. The zero-order valence-electron chi connectivity index (χ0n) is 29.0. The fourth-order valence-corrected chi connectivity index (χ4v) is 11.2. The van der Waals surface area contributed by atoms with Crippen LogP contribution in [-0.4, -0.2) is 32.9 Å². The smallest absolute Gasteiger partial charge is 0.293 e. The maximum atomic E-state index is 13.3. The van der Waals surface area contributed by atoms with Crippen LogP contribution in [0.2, 0.25) is 0 Å². The van der Waals surface area contributed by atoms with Crippen molar-refractivity contribution in [2.75, 3.05) is 19.0 Å². The summed E-state index contributed by atoms with van der Waals surface area (Å²) in [7, 11) is -2.61. The highest BCUT2D eigenvalue weighted by Gasteiger charge is 2.52. The second kappa shape index (κ2) is 13.3. The molecule has 0 unspecified atom stereocenters. The van der Waals surface area contributed by atoms with Crippen LogP contribution in [0.5, 0.6) is 5.75 Å². The zero-order chi connectivity index (χ0) is 35.3. The summed E-state index contributed by atoms with van der Waals surface area (Å²) in [5.74, 6) is 3.07. The maximum Gasteiger partial charge on any atom is 0.293 e. The molecular weight excluding hydrogens is 663 g/mol. The molecule has 0 aromatic heterocycles. The number of hydrogen-bond acceptors (Lipinski definition) is 7. The highest BCUT2D eigenvalue weighted by atomic mass is 32.2. The van der Waals surface area contributed by atoms with Gasteiger partial charge in [0.25, 0.3) is 21.6 Å². The first kappa shape index (κ1) is 33.7. The van der Waals surface area contributed by atoms with Crippen molar-refractivity contribution in [3.05, 3.63) is 94.0 Å². The molecule has 9 rings (SSSR count). The van der Waals surface area contributed by atoms with Crippen molar-refractivity contribution in [3.63, 3.8) is 0 Å². The molecule has 5 saturated carbocycles. The molecule has 266 valence electrons. The molecular formula is C41H45N3O6S. The molecule has 2 N–H and O–H groups in total. The molecule has 4 aromatic rings.